The van der Waals surface area contributed by atoms with Crippen LogP contribution in [-0.4, -0.2) is 18.3 Å². The monoisotopic (exact) mass is 275 g/mol. The molecular formula is C17H25NS. The van der Waals surface area contributed by atoms with Crippen molar-refractivity contribution in [2.75, 3.05) is 7.05 Å². The average Bonchev–Trinajstić information content (AvgIpc) is 2.86. The van der Waals surface area contributed by atoms with Crippen LogP contribution < -0.4 is 5.32 Å². The molecule has 1 N–H and O–H groups in total. The lowest BCUT2D eigenvalue weighted by Crippen LogP contribution is -2.40. The van der Waals surface area contributed by atoms with Gasteiger partial charge in [0.1, 0.15) is 0 Å². The molecule has 1 nitrogen and oxygen atoms in total. The van der Waals surface area contributed by atoms with Crippen LogP contribution in [0.2, 0.25) is 0 Å². The molecule has 2 aliphatic carbocycles. The van der Waals surface area contributed by atoms with Crippen molar-refractivity contribution in [1.29, 1.82) is 0 Å². The highest BCUT2D eigenvalue weighted by Crippen LogP contribution is 2.37. The van der Waals surface area contributed by atoms with E-state index in [1.54, 1.807) is 11.1 Å². The molecule has 3 unspecified atom stereocenters. The summed E-state index contributed by atoms with van der Waals surface area (Å²) in [7, 11) is 2.12. The topological polar surface area (TPSA) is 12.0 Å². The quantitative estimate of drug-likeness (QED) is 0.893. The zero-order valence-electron chi connectivity index (χ0n) is 12.1. The second-order valence-electron chi connectivity index (χ2n) is 6.25. The minimum Gasteiger partial charge on any atom is -0.316 e. The van der Waals surface area contributed by atoms with Crippen molar-refractivity contribution >= 4 is 11.8 Å². The molecule has 2 heteroatoms. The van der Waals surface area contributed by atoms with Gasteiger partial charge in [0, 0.05) is 16.2 Å². The van der Waals surface area contributed by atoms with Crippen LogP contribution in [0.1, 0.15) is 43.7 Å². The Bertz CT molecular complexity index is 443. The Balaban J connectivity index is 1.72. The average molecular weight is 275 g/mol. The highest BCUT2D eigenvalue weighted by molar-refractivity contribution is 8.00. The summed E-state index contributed by atoms with van der Waals surface area (Å²) in [5.41, 5.74) is 3.20. The lowest BCUT2D eigenvalue weighted by atomic mass is 9.87. The van der Waals surface area contributed by atoms with Crippen LogP contribution >= 0.6 is 11.8 Å². The van der Waals surface area contributed by atoms with E-state index >= 15 is 0 Å². The van der Waals surface area contributed by atoms with E-state index in [1.165, 1.54) is 43.4 Å². The van der Waals surface area contributed by atoms with Gasteiger partial charge in [0.25, 0.3) is 0 Å². The van der Waals surface area contributed by atoms with Crippen LogP contribution in [-0.2, 0) is 12.8 Å². The smallest absolute Gasteiger partial charge is 0.0250 e. The van der Waals surface area contributed by atoms with Crippen LogP contribution in [0.25, 0.3) is 0 Å². The molecule has 1 fully saturated rings. The van der Waals surface area contributed by atoms with E-state index in [0.717, 1.165) is 11.2 Å². The molecule has 0 amide bonds. The van der Waals surface area contributed by atoms with Crippen LogP contribution in [0.4, 0.5) is 0 Å². The van der Waals surface area contributed by atoms with Crippen molar-refractivity contribution in [3.8, 4) is 0 Å². The summed E-state index contributed by atoms with van der Waals surface area (Å²) in [4.78, 5) is 1.49. The predicted molar refractivity (Wildman–Crippen MR) is 84.0 cm³/mol. The Kier molecular flexibility index (Phi) is 4.18. The van der Waals surface area contributed by atoms with E-state index in [1.807, 2.05) is 0 Å². The summed E-state index contributed by atoms with van der Waals surface area (Å²) in [5.74, 6) is 0.886. The molecule has 3 atom stereocenters. The number of fused-ring (bicyclic) bond motifs is 1. The summed E-state index contributed by atoms with van der Waals surface area (Å²) in [6, 6.07) is 7.86. The van der Waals surface area contributed by atoms with E-state index in [-0.39, 0.29) is 0 Å². The van der Waals surface area contributed by atoms with Crippen LogP contribution in [0.15, 0.2) is 23.1 Å². The number of aryl methyl sites for hydroxylation is 2. The zero-order valence-corrected chi connectivity index (χ0v) is 12.9. The molecule has 0 bridgehead atoms. The maximum absolute atomic E-state index is 3.53. The largest absolute Gasteiger partial charge is 0.316 e. The molecule has 0 saturated heterocycles. The van der Waals surface area contributed by atoms with Gasteiger partial charge in [-0.15, -0.1) is 11.8 Å². The molecule has 0 radical (unpaired) electrons. The highest BCUT2D eigenvalue weighted by Gasteiger charge is 2.28. The van der Waals surface area contributed by atoms with Crippen molar-refractivity contribution in [3.63, 3.8) is 0 Å². The summed E-state index contributed by atoms with van der Waals surface area (Å²) in [6.07, 6.45) is 8.00. The van der Waals surface area contributed by atoms with Gasteiger partial charge < -0.3 is 5.32 Å². The maximum atomic E-state index is 3.53. The van der Waals surface area contributed by atoms with Gasteiger partial charge in [0.2, 0.25) is 0 Å². The zero-order chi connectivity index (χ0) is 13.2. The number of hydrogen-bond donors (Lipinski definition) is 1. The first-order valence-corrected chi connectivity index (χ1v) is 8.60. The lowest BCUT2D eigenvalue weighted by Gasteiger charge is -2.34. The molecule has 0 heterocycles. The number of nitrogens with one attached hydrogen (secondary N) is 1. The Morgan fingerprint density at radius 2 is 2.00 bits per heavy atom. The second-order valence-corrected chi connectivity index (χ2v) is 7.57. The van der Waals surface area contributed by atoms with Gasteiger partial charge in [0.05, 0.1) is 0 Å². The van der Waals surface area contributed by atoms with Crippen molar-refractivity contribution in [2.24, 2.45) is 5.92 Å². The first-order chi connectivity index (χ1) is 9.26. The van der Waals surface area contributed by atoms with Crippen molar-refractivity contribution in [1.82, 2.24) is 5.32 Å². The first-order valence-electron chi connectivity index (χ1n) is 7.72. The second kappa shape index (κ2) is 5.88. The highest BCUT2D eigenvalue weighted by atomic mass is 32.2. The fourth-order valence-electron chi connectivity index (χ4n) is 3.59. The predicted octanol–water partition coefficient (Wildman–Crippen LogP) is 4.04. The molecular weight excluding hydrogens is 250 g/mol. The molecule has 104 valence electrons. The Hall–Kier alpha value is -0.470. The molecule has 1 aromatic carbocycles. The number of hydrogen-bond acceptors (Lipinski definition) is 2. The molecule has 0 aromatic heterocycles. The van der Waals surface area contributed by atoms with Gasteiger partial charge in [-0.05, 0) is 74.8 Å². The maximum Gasteiger partial charge on any atom is 0.0250 e. The minimum atomic E-state index is 0.689. The van der Waals surface area contributed by atoms with Gasteiger partial charge in [0.15, 0.2) is 0 Å². The molecule has 0 spiro atoms. The van der Waals surface area contributed by atoms with E-state index < -0.39 is 0 Å². The molecule has 2 aliphatic rings. The van der Waals surface area contributed by atoms with E-state index in [2.05, 4.69) is 49.2 Å². The van der Waals surface area contributed by atoms with Gasteiger partial charge in [-0.3, -0.25) is 0 Å². The van der Waals surface area contributed by atoms with Crippen LogP contribution in [0.3, 0.4) is 0 Å². The van der Waals surface area contributed by atoms with Gasteiger partial charge in [-0.25, -0.2) is 0 Å². The van der Waals surface area contributed by atoms with E-state index in [4.69, 9.17) is 0 Å². The number of benzene rings is 1. The third-order valence-electron chi connectivity index (χ3n) is 4.78. The number of rotatable bonds is 3. The van der Waals surface area contributed by atoms with Crippen molar-refractivity contribution in [2.45, 2.75) is 61.6 Å². The summed E-state index contributed by atoms with van der Waals surface area (Å²) >= 11 is 2.10. The molecule has 1 saturated carbocycles. The van der Waals surface area contributed by atoms with Gasteiger partial charge in [-0.1, -0.05) is 13.0 Å². The fourth-order valence-corrected chi connectivity index (χ4v) is 5.15. The van der Waals surface area contributed by atoms with Crippen molar-refractivity contribution in [3.05, 3.63) is 29.3 Å². The normalized spacial score (nSPS) is 30.3. The lowest BCUT2D eigenvalue weighted by molar-refractivity contribution is 0.329. The molecule has 1 aromatic rings. The summed E-state index contributed by atoms with van der Waals surface area (Å²) < 4.78 is 0. The minimum absolute atomic E-state index is 0.689. The third-order valence-corrected chi connectivity index (χ3v) is 6.13. The van der Waals surface area contributed by atoms with Crippen LogP contribution in [0.5, 0.6) is 0 Å². The molecule has 0 aliphatic heterocycles. The first kappa shape index (κ1) is 13.5. The Morgan fingerprint density at radius 1 is 1.16 bits per heavy atom. The third kappa shape index (κ3) is 3.00. The fraction of sp³-hybridized carbons (Fsp3) is 0.647. The SMILES string of the molecule is CNC1CCC(C)CC1Sc1ccc2c(c1)CCC2. The standard InChI is InChI=1S/C17H25NS/c1-12-6-9-16(18-2)17(10-12)19-15-8-7-13-4-3-5-14(13)11-15/h7-8,11-12,16-18H,3-6,9-10H2,1-2H3. The van der Waals surface area contributed by atoms with Gasteiger partial charge >= 0.3 is 0 Å². The van der Waals surface area contributed by atoms with Crippen molar-refractivity contribution < 1.29 is 0 Å². The van der Waals surface area contributed by atoms with E-state index in [0.29, 0.717) is 6.04 Å². The number of thioether (sulfide) groups is 1. The molecule has 19 heavy (non-hydrogen) atoms. The van der Waals surface area contributed by atoms with Crippen LogP contribution in [0, 0.1) is 5.92 Å². The van der Waals surface area contributed by atoms with Gasteiger partial charge in [-0.2, -0.15) is 0 Å². The molecule has 3 rings (SSSR count). The summed E-state index contributed by atoms with van der Waals surface area (Å²) in [6.45, 7) is 2.40. The summed E-state index contributed by atoms with van der Waals surface area (Å²) in [5, 5.41) is 4.27. The Morgan fingerprint density at radius 3 is 2.84 bits per heavy atom. The Labute approximate surface area is 121 Å². The van der Waals surface area contributed by atoms with E-state index in [9.17, 15) is 0 Å².